The van der Waals surface area contributed by atoms with Gasteiger partial charge in [-0.1, -0.05) is 6.07 Å². The molecule has 0 aliphatic carbocycles. The fourth-order valence-corrected chi connectivity index (χ4v) is 4.11. The van der Waals surface area contributed by atoms with Crippen LogP contribution >= 0.6 is 0 Å². The Balaban J connectivity index is 1.26. The van der Waals surface area contributed by atoms with Crippen LogP contribution in [0.1, 0.15) is 11.1 Å². The van der Waals surface area contributed by atoms with Crippen molar-refractivity contribution in [2.75, 3.05) is 60.8 Å². The summed E-state index contributed by atoms with van der Waals surface area (Å²) in [5.41, 5.74) is 2.36. The lowest BCUT2D eigenvalue weighted by molar-refractivity contribution is 0.171. The zero-order chi connectivity index (χ0) is 22.3. The third kappa shape index (κ3) is 5.19. The minimum Gasteiger partial charge on any atom is -0.497 e. The highest BCUT2D eigenvalue weighted by atomic mass is 16.7. The van der Waals surface area contributed by atoms with Gasteiger partial charge in [-0.25, -0.2) is 0 Å². The number of fused-ring (bicyclic) bond motifs is 1. The van der Waals surface area contributed by atoms with Crippen LogP contribution < -0.4 is 24.3 Å². The largest absolute Gasteiger partial charge is 0.497 e. The number of benzene rings is 2. The van der Waals surface area contributed by atoms with Gasteiger partial charge in [-0.15, -0.1) is 0 Å². The molecular weight excluding hydrogens is 408 g/mol. The summed E-state index contributed by atoms with van der Waals surface area (Å²) in [6, 6.07) is 12.1. The summed E-state index contributed by atoms with van der Waals surface area (Å²) in [7, 11) is 5.24. The Morgan fingerprint density at radius 3 is 2.56 bits per heavy atom. The molecule has 32 heavy (non-hydrogen) atoms. The van der Waals surface area contributed by atoms with E-state index in [2.05, 4.69) is 38.3 Å². The van der Waals surface area contributed by atoms with Crippen molar-refractivity contribution in [2.24, 2.45) is 4.99 Å². The Bertz CT molecular complexity index is 942. The maximum Gasteiger partial charge on any atom is 0.231 e. The maximum atomic E-state index is 5.53. The summed E-state index contributed by atoms with van der Waals surface area (Å²) < 4.78 is 21.8. The van der Waals surface area contributed by atoms with Gasteiger partial charge in [0.05, 0.1) is 14.2 Å². The molecule has 0 aromatic heterocycles. The lowest BCUT2D eigenvalue weighted by Crippen LogP contribution is -2.52. The number of aliphatic imine (C=N–C) groups is 1. The van der Waals surface area contributed by atoms with E-state index in [1.807, 2.05) is 25.2 Å². The van der Waals surface area contributed by atoms with E-state index in [1.54, 1.807) is 14.2 Å². The van der Waals surface area contributed by atoms with Crippen molar-refractivity contribution < 1.29 is 18.9 Å². The molecule has 1 N–H and O–H groups in total. The van der Waals surface area contributed by atoms with Gasteiger partial charge in [-0.3, -0.25) is 9.89 Å². The zero-order valence-corrected chi connectivity index (χ0v) is 19.1. The molecule has 0 bridgehead atoms. The summed E-state index contributed by atoms with van der Waals surface area (Å²) in [5, 5.41) is 3.50. The van der Waals surface area contributed by atoms with Crippen LogP contribution in [0.3, 0.4) is 0 Å². The van der Waals surface area contributed by atoms with Gasteiger partial charge in [-0.05, 0) is 42.3 Å². The van der Waals surface area contributed by atoms with E-state index in [1.165, 1.54) is 5.56 Å². The van der Waals surface area contributed by atoms with Gasteiger partial charge in [0.1, 0.15) is 11.5 Å². The first-order valence-electron chi connectivity index (χ1n) is 11.0. The maximum absolute atomic E-state index is 5.53. The highest BCUT2D eigenvalue weighted by Crippen LogP contribution is 2.32. The molecule has 172 valence electrons. The quantitative estimate of drug-likeness (QED) is 0.524. The van der Waals surface area contributed by atoms with E-state index >= 15 is 0 Å². The number of hydrogen-bond donors (Lipinski definition) is 1. The first kappa shape index (κ1) is 22.1. The highest BCUT2D eigenvalue weighted by Gasteiger charge is 2.21. The molecule has 0 atom stereocenters. The normalized spacial score (nSPS) is 16.2. The predicted octanol–water partition coefficient (Wildman–Crippen LogP) is 2.37. The molecule has 4 rings (SSSR count). The summed E-state index contributed by atoms with van der Waals surface area (Å²) in [6.07, 6.45) is 0.894. The topological polar surface area (TPSA) is 67.8 Å². The average Bonchev–Trinajstić information content (AvgIpc) is 3.30. The minimum atomic E-state index is 0.306. The van der Waals surface area contributed by atoms with Crippen LogP contribution in [0.15, 0.2) is 41.4 Å². The first-order valence-corrected chi connectivity index (χ1v) is 11.0. The number of nitrogens with zero attached hydrogens (tertiary/aromatic N) is 3. The Morgan fingerprint density at radius 2 is 1.81 bits per heavy atom. The Labute approximate surface area is 189 Å². The second-order valence-electron chi connectivity index (χ2n) is 7.85. The molecule has 2 aromatic carbocycles. The predicted molar refractivity (Wildman–Crippen MR) is 124 cm³/mol. The average molecular weight is 441 g/mol. The van der Waals surface area contributed by atoms with E-state index < -0.39 is 0 Å². The molecule has 0 radical (unpaired) electrons. The molecule has 2 aliphatic heterocycles. The molecule has 2 aliphatic rings. The van der Waals surface area contributed by atoms with E-state index in [0.717, 1.165) is 80.2 Å². The summed E-state index contributed by atoms with van der Waals surface area (Å²) in [5.74, 6) is 4.35. The molecule has 2 heterocycles. The van der Waals surface area contributed by atoms with Crippen LogP contribution in [0.4, 0.5) is 0 Å². The number of ether oxygens (including phenoxy) is 4. The fraction of sp³-hybridized carbons (Fsp3) is 0.458. The van der Waals surface area contributed by atoms with E-state index in [4.69, 9.17) is 18.9 Å². The van der Waals surface area contributed by atoms with Crippen LogP contribution in [0, 0.1) is 0 Å². The van der Waals surface area contributed by atoms with Crippen molar-refractivity contribution in [2.45, 2.75) is 13.0 Å². The third-order valence-corrected chi connectivity index (χ3v) is 5.90. The molecule has 0 amide bonds. The van der Waals surface area contributed by atoms with Crippen molar-refractivity contribution >= 4 is 5.96 Å². The Hall–Kier alpha value is -3.13. The SMILES string of the molecule is CN=C(NCCc1ccc2c(c1)OCO2)N1CCN(Cc2cc(OC)ccc2OC)CC1. The van der Waals surface area contributed by atoms with E-state index in [-0.39, 0.29) is 0 Å². The van der Waals surface area contributed by atoms with Crippen LogP contribution in [0.2, 0.25) is 0 Å². The molecule has 1 fully saturated rings. The van der Waals surface area contributed by atoms with Crippen molar-refractivity contribution in [1.29, 1.82) is 0 Å². The Morgan fingerprint density at radius 1 is 1.00 bits per heavy atom. The summed E-state index contributed by atoms with van der Waals surface area (Å²) in [4.78, 5) is 9.25. The lowest BCUT2D eigenvalue weighted by atomic mass is 10.1. The molecule has 8 heteroatoms. The van der Waals surface area contributed by atoms with Crippen molar-refractivity contribution in [3.63, 3.8) is 0 Å². The first-order chi connectivity index (χ1) is 15.7. The molecule has 0 spiro atoms. The van der Waals surface area contributed by atoms with Crippen LogP contribution in [-0.4, -0.2) is 76.5 Å². The molecule has 0 unspecified atom stereocenters. The van der Waals surface area contributed by atoms with Crippen LogP contribution in [-0.2, 0) is 13.0 Å². The Kier molecular flexibility index (Phi) is 7.21. The molecular formula is C24H32N4O4. The monoisotopic (exact) mass is 440 g/mol. The third-order valence-electron chi connectivity index (χ3n) is 5.90. The zero-order valence-electron chi connectivity index (χ0n) is 19.1. The standard InChI is InChI=1S/C24H32N4O4/c1-25-24(26-9-8-18-4-6-22-23(14-18)32-17-31-22)28-12-10-27(11-13-28)16-19-15-20(29-2)5-7-21(19)30-3/h4-7,14-15H,8-13,16-17H2,1-3H3,(H,25,26). The number of nitrogens with one attached hydrogen (secondary N) is 1. The van der Waals surface area contributed by atoms with E-state index in [0.29, 0.717) is 6.79 Å². The lowest BCUT2D eigenvalue weighted by Gasteiger charge is -2.36. The number of piperazine rings is 1. The van der Waals surface area contributed by atoms with Crippen LogP contribution in [0.5, 0.6) is 23.0 Å². The molecule has 8 nitrogen and oxygen atoms in total. The number of guanidine groups is 1. The molecule has 2 aromatic rings. The highest BCUT2D eigenvalue weighted by molar-refractivity contribution is 5.80. The van der Waals surface area contributed by atoms with Gasteiger partial charge in [-0.2, -0.15) is 0 Å². The van der Waals surface area contributed by atoms with Gasteiger partial charge in [0.15, 0.2) is 17.5 Å². The summed E-state index contributed by atoms with van der Waals surface area (Å²) >= 11 is 0. The number of hydrogen-bond acceptors (Lipinski definition) is 6. The van der Waals surface area contributed by atoms with Crippen molar-refractivity contribution in [1.82, 2.24) is 15.1 Å². The van der Waals surface area contributed by atoms with Crippen molar-refractivity contribution in [3.8, 4) is 23.0 Å². The second-order valence-corrected chi connectivity index (χ2v) is 7.85. The van der Waals surface area contributed by atoms with E-state index in [9.17, 15) is 0 Å². The van der Waals surface area contributed by atoms with Crippen LogP contribution in [0.25, 0.3) is 0 Å². The van der Waals surface area contributed by atoms with Gasteiger partial charge in [0, 0.05) is 51.9 Å². The molecule has 1 saturated heterocycles. The fourth-order valence-electron chi connectivity index (χ4n) is 4.11. The number of methoxy groups -OCH3 is 2. The summed E-state index contributed by atoms with van der Waals surface area (Å²) in [6.45, 7) is 5.73. The second kappa shape index (κ2) is 10.5. The van der Waals surface area contributed by atoms with Gasteiger partial charge < -0.3 is 29.2 Å². The molecule has 0 saturated carbocycles. The van der Waals surface area contributed by atoms with Gasteiger partial charge >= 0.3 is 0 Å². The van der Waals surface area contributed by atoms with Crippen molar-refractivity contribution in [3.05, 3.63) is 47.5 Å². The van der Waals surface area contributed by atoms with Gasteiger partial charge in [0.2, 0.25) is 6.79 Å². The minimum absolute atomic E-state index is 0.306. The number of rotatable bonds is 7. The van der Waals surface area contributed by atoms with Gasteiger partial charge in [0.25, 0.3) is 0 Å². The smallest absolute Gasteiger partial charge is 0.231 e.